The van der Waals surface area contributed by atoms with Gasteiger partial charge < -0.3 is 4.90 Å². The van der Waals surface area contributed by atoms with E-state index in [4.69, 9.17) is 11.6 Å². The van der Waals surface area contributed by atoms with Gasteiger partial charge in [-0.15, -0.1) is 0 Å². The fraction of sp³-hybridized carbons (Fsp3) is 0.538. The van der Waals surface area contributed by atoms with Crippen LogP contribution in [0.25, 0.3) is 0 Å². The molecule has 0 bridgehead atoms. The molecule has 1 aromatic rings. The Morgan fingerprint density at radius 1 is 1.29 bits per heavy atom. The highest BCUT2D eigenvalue weighted by Crippen LogP contribution is 2.27. The number of sulfonamides is 1. The van der Waals surface area contributed by atoms with Crippen molar-refractivity contribution in [2.45, 2.75) is 0 Å². The Morgan fingerprint density at radius 2 is 1.95 bits per heavy atom. The summed E-state index contributed by atoms with van der Waals surface area (Å²) in [6.45, 7) is 4.29. The van der Waals surface area contributed by atoms with E-state index in [1.165, 1.54) is 12.1 Å². The molecule has 0 radical (unpaired) electrons. The highest BCUT2D eigenvalue weighted by atomic mass is 35.5. The summed E-state index contributed by atoms with van der Waals surface area (Å²) in [6, 6.07) is 4.42. The molecular formula is C13H19ClFN3O2S. The van der Waals surface area contributed by atoms with Crippen molar-refractivity contribution in [3.8, 4) is 0 Å². The summed E-state index contributed by atoms with van der Waals surface area (Å²) < 4.78 is 37.5. The Hall–Kier alpha value is -0.890. The summed E-state index contributed by atoms with van der Waals surface area (Å²) in [6.07, 6.45) is 1.15. The van der Waals surface area contributed by atoms with E-state index in [0.29, 0.717) is 18.1 Å². The van der Waals surface area contributed by atoms with E-state index in [2.05, 4.69) is 14.5 Å². The van der Waals surface area contributed by atoms with Gasteiger partial charge in [0.2, 0.25) is 10.0 Å². The molecule has 0 unspecified atom stereocenters. The number of hydrogen-bond donors (Lipinski definition) is 1. The summed E-state index contributed by atoms with van der Waals surface area (Å²) in [5.41, 5.74) is 0.840. The topological polar surface area (TPSA) is 52.7 Å². The minimum absolute atomic E-state index is 0.339. The number of benzene rings is 1. The fourth-order valence-corrected chi connectivity index (χ4v) is 3.09. The third-order valence-electron chi connectivity index (χ3n) is 3.41. The minimum atomic E-state index is -3.13. The maximum Gasteiger partial charge on any atom is 0.208 e. The quantitative estimate of drug-likeness (QED) is 0.877. The lowest BCUT2D eigenvalue weighted by atomic mass is 10.2. The molecular weight excluding hydrogens is 317 g/mol. The molecule has 118 valence electrons. The van der Waals surface area contributed by atoms with Crippen molar-refractivity contribution in [2.24, 2.45) is 0 Å². The van der Waals surface area contributed by atoms with Crippen LogP contribution in [0.2, 0.25) is 5.02 Å². The highest BCUT2D eigenvalue weighted by molar-refractivity contribution is 7.88. The second kappa shape index (κ2) is 6.91. The van der Waals surface area contributed by atoms with Crippen molar-refractivity contribution < 1.29 is 12.8 Å². The monoisotopic (exact) mass is 335 g/mol. The standard InChI is InChI=1S/C13H19ClFN3O2S/c1-21(19,20)16-4-5-17-6-8-18(9-7-17)13-3-2-11(15)10-12(13)14/h2-3,10,16H,4-9H2,1H3. The van der Waals surface area contributed by atoms with E-state index in [9.17, 15) is 12.8 Å². The zero-order valence-electron chi connectivity index (χ0n) is 11.8. The van der Waals surface area contributed by atoms with Crippen LogP contribution in [0.15, 0.2) is 18.2 Å². The predicted molar refractivity (Wildman–Crippen MR) is 82.9 cm³/mol. The Labute approximate surface area is 129 Å². The summed E-state index contributed by atoms with van der Waals surface area (Å²) in [5.74, 6) is -0.339. The first-order valence-corrected chi connectivity index (χ1v) is 8.99. The van der Waals surface area contributed by atoms with Crippen molar-refractivity contribution in [2.75, 3.05) is 50.4 Å². The van der Waals surface area contributed by atoms with Crippen molar-refractivity contribution >= 4 is 27.3 Å². The average Bonchev–Trinajstić information content (AvgIpc) is 2.38. The lowest BCUT2D eigenvalue weighted by Crippen LogP contribution is -2.48. The van der Waals surface area contributed by atoms with Crippen molar-refractivity contribution in [3.63, 3.8) is 0 Å². The third-order valence-corrected chi connectivity index (χ3v) is 4.45. The van der Waals surface area contributed by atoms with Gasteiger partial charge >= 0.3 is 0 Å². The van der Waals surface area contributed by atoms with Crippen LogP contribution in [0, 0.1) is 5.82 Å². The summed E-state index contributed by atoms with van der Waals surface area (Å²) >= 11 is 6.06. The van der Waals surface area contributed by atoms with Gasteiger partial charge in [-0.1, -0.05) is 11.6 Å². The first-order valence-electron chi connectivity index (χ1n) is 6.72. The number of halogens is 2. The molecule has 1 fully saturated rings. The molecule has 1 aromatic carbocycles. The number of rotatable bonds is 5. The molecule has 1 saturated heterocycles. The smallest absolute Gasteiger partial charge is 0.208 e. The zero-order valence-corrected chi connectivity index (χ0v) is 13.4. The molecule has 0 aromatic heterocycles. The Balaban J connectivity index is 1.83. The SMILES string of the molecule is CS(=O)(=O)NCCN1CCN(c2ccc(F)cc2Cl)CC1. The molecule has 1 aliphatic rings. The third kappa shape index (κ3) is 5.10. The summed E-state index contributed by atoms with van der Waals surface area (Å²) in [5, 5.41) is 0.419. The molecule has 0 atom stereocenters. The number of nitrogens with one attached hydrogen (secondary N) is 1. The van der Waals surface area contributed by atoms with Crippen LogP contribution in [-0.2, 0) is 10.0 Å². The van der Waals surface area contributed by atoms with E-state index >= 15 is 0 Å². The molecule has 0 saturated carbocycles. The maximum atomic E-state index is 13.0. The van der Waals surface area contributed by atoms with Crippen molar-refractivity contribution in [1.82, 2.24) is 9.62 Å². The first-order chi connectivity index (χ1) is 9.85. The van der Waals surface area contributed by atoms with Crippen LogP contribution in [0.1, 0.15) is 0 Å². The largest absolute Gasteiger partial charge is 0.368 e. The second-order valence-corrected chi connectivity index (χ2v) is 7.33. The van der Waals surface area contributed by atoms with E-state index in [-0.39, 0.29) is 5.82 Å². The van der Waals surface area contributed by atoms with Crippen LogP contribution in [-0.4, -0.2) is 58.8 Å². The number of piperazine rings is 1. The van der Waals surface area contributed by atoms with Gasteiger partial charge in [0.15, 0.2) is 0 Å². The van der Waals surface area contributed by atoms with Gasteiger partial charge in [0.1, 0.15) is 5.82 Å². The minimum Gasteiger partial charge on any atom is -0.368 e. The average molecular weight is 336 g/mol. The van der Waals surface area contributed by atoms with Gasteiger partial charge in [0, 0.05) is 39.3 Å². The van der Waals surface area contributed by atoms with Gasteiger partial charge in [-0.05, 0) is 18.2 Å². The number of hydrogen-bond acceptors (Lipinski definition) is 4. The molecule has 0 amide bonds. The molecule has 5 nitrogen and oxygen atoms in total. The van der Waals surface area contributed by atoms with Crippen LogP contribution in [0.4, 0.5) is 10.1 Å². The van der Waals surface area contributed by atoms with Crippen LogP contribution in [0.5, 0.6) is 0 Å². The Bertz CT molecular complexity index is 589. The Kier molecular flexibility index (Phi) is 5.43. The van der Waals surface area contributed by atoms with E-state index in [1.807, 2.05) is 0 Å². The second-order valence-electron chi connectivity index (χ2n) is 5.09. The molecule has 1 aliphatic heterocycles. The van der Waals surface area contributed by atoms with E-state index in [0.717, 1.165) is 38.1 Å². The van der Waals surface area contributed by atoms with Gasteiger partial charge in [-0.25, -0.2) is 17.5 Å². The Morgan fingerprint density at radius 3 is 2.52 bits per heavy atom. The molecule has 21 heavy (non-hydrogen) atoms. The molecule has 2 rings (SSSR count). The predicted octanol–water partition coefficient (Wildman–Crippen LogP) is 1.15. The lowest BCUT2D eigenvalue weighted by Gasteiger charge is -2.36. The zero-order chi connectivity index (χ0) is 15.5. The lowest BCUT2D eigenvalue weighted by molar-refractivity contribution is 0.262. The highest BCUT2D eigenvalue weighted by Gasteiger charge is 2.19. The molecule has 1 heterocycles. The molecule has 1 N–H and O–H groups in total. The molecule has 0 spiro atoms. The molecule has 8 heteroatoms. The summed E-state index contributed by atoms with van der Waals surface area (Å²) in [4.78, 5) is 4.30. The van der Waals surface area contributed by atoms with Gasteiger partial charge in [-0.3, -0.25) is 4.90 Å². The van der Waals surface area contributed by atoms with E-state index < -0.39 is 10.0 Å². The van der Waals surface area contributed by atoms with Crippen molar-refractivity contribution in [1.29, 1.82) is 0 Å². The fourth-order valence-electron chi connectivity index (χ4n) is 2.34. The first kappa shape index (κ1) is 16.5. The summed E-state index contributed by atoms with van der Waals surface area (Å²) in [7, 11) is -3.13. The number of anilines is 1. The van der Waals surface area contributed by atoms with Gasteiger partial charge in [0.25, 0.3) is 0 Å². The van der Waals surface area contributed by atoms with Crippen molar-refractivity contribution in [3.05, 3.63) is 29.0 Å². The molecule has 0 aliphatic carbocycles. The van der Waals surface area contributed by atoms with Crippen LogP contribution >= 0.6 is 11.6 Å². The van der Waals surface area contributed by atoms with Gasteiger partial charge in [-0.2, -0.15) is 0 Å². The van der Waals surface area contributed by atoms with Crippen LogP contribution in [0.3, 0.4) is 0 Å². The number of nitrogens with zero attached hydrogens (tertiary/aromatic N) is 2. The normalized spacial score (nSPS) is 17.2. The maximum absolute atomic E-state index is 13.0. The van der Waals surface area contributed by atoms with E-state index in [1.54, 1.807) is 6.07 Å². The van der Waals surface area contributed by atoms with Gasteiger partial charge in [0.05, 0.1) is 17.0 Å². The van der Waals surface area contributed by atoms with Crippen LogP contribution < -0.4 is 9.62 Å².